The van der Waals surface area contributed by atoms with Gasteiger partial charge in [-0.2, -0.15) is 0 Å². The van der Waals surface area contributed by atoms with Gasteiger partial charge in [-0.25, -0.2) is 0 Å². The maximum Gasteiger partial charge on any atom is 0.265 e. The summed E-state index contributed by atoms with van der Waals surface area (Å²) in [6.45, 7) is 0. The average Bonchev–Trinajstić information content (AvgIpc) is 3.11. The number of carbonyl (C=O) groups excluding carboxylic acids is 2. The molecule has 1 aromatic heterocycles. The minimum absolute atomic E-state index is 0.138. The average molecular weight is 448 g/mol. The normalized spacial score (nSPS) is 10.2. The van der Waals surface area contributed by atoms with E-state index in [0.29, 0.717) is 21.8 Å². The first-order chi connectivity index (χ1) is 11.6. The Morgan fingerprint density at radius 1 is 0.792 bits per heavy atom. The topological polar surface area (TPSA) is 58.2 Å². The van der Waals surface area contributed by atoms with E-state index in [1.807, 2.05) is 29.6 Å². The Hall–Kier alpha value is -2.19. The van der Waals surface area contributed by atoms with Crippen molar-refractivity contribution in [1.29, 1.82) is 0 Å². The number of benzene rings is 2. The molecule has 0 atom stereocenters. The van der Waals surface area contributed by atoms with Crippen molar-refractivity contribution in [2.24, 2.45) is 0 Å². The van der Waals surface area contributed by atoms with Crippen LogP contribution in [0.4, 0.5) is 11.4 Å². The van der Waals surface area contributed by atoms with E-state index in [9.17, 15) is 9.59 Å². The van der Waals surface area contributed by atoms with Crippen molar-refractivity contribution in [3.63, 3.8) is 0 Å². The maximum absolute atomic E-state index is 12.3. The molecular weight excluding hydrogens is 435 g/mol. The Balaban J connectivity index is 1.65. The van der Waals surface area contributed by atoms with Crippen LogP contribution in [0, 0.1) is 3.57 Å². The van der Waals surface area contributed by atoms with E-state index >= 15 is 0 Å². The van der Waals surface area contributed by atoms with Crippen LogP contribution in [0.1, 0.15) is 20.0 Å². The van der Waals surface area contributed by atoms with Gasteiger partial charge in [-0.1, -0.05) is 18.2 Å². The standard InChI is InChI=1S/C18H13IN2O2S/c19-15-5-2-1-4-14(15)17(22)20-12-7-9-13(10-8-12)21-18(23)16-6-3-11-24-16/h1-11H,(H,20,22)(H,21,23). The number of rotatable bonds is 4. The third-order valence-electron chi connectivity index (χ3n) is 3.26. The molecule has 0 unspecified atom stereocenters. The van der Waals surface area contributed by atoms with Gasteiger partial charge in [-0.3, -0.25) is 9.59 Å². The van der Waals surface area contributed by atoms with Crippen molar-refractivity contribution in [1.82, 2.24) is 0 Å². The van der Waals surface area contributed by atoms with Crippen LogP contribution in [-0.2, 0) is 0 Å². The second-order valence-electron chi connectivity index (χ2n) is 4.94. The summed E-state index contributed by atoms with van der Waals surface area (Å²) >= 11 is 3.53. The fourth-order valence-electron chi connectivity index (χ4n) is 2.08. The number of nitrogens with one attached hydrogen (secondary N) is 2. The van der Waals surface area contributed by atoms with E-state index in [-0.39, 0.29) is 11.8 Å². The zero-order valence-corrected chi connectivity index (χ0v) is 15.4. The van der Waals surface area contributed by atoms with E-state index in [1.54, 1.807) is 36.4 Å². The summed E-state index contributed by atoms with van der Waals surface area (Å²) in [5, 5.41) is 7.54. The fourth-order valence-corrected chi connectivity index (χ4v) is 3.33. The Morgan fingerprint density at radius 3 is 2.00 bits per heavy atom. The quantitative estimate of drug-likeness (QED) is 0.561. The summed E-state index contributed by atoms with van der Waals surface area (Å²) in [6, 6.07) is 18.1. The first-order valence-electron chi connectivity index (χ1n) is 7.14. The number of thiophene rings is 1. The highest BCUT2D eigenvalue weighted by atomic mass is 127. The van der Waals surface area contributed by atoms with Crippen LogP contribution >= 0.6 is 33.9 Å². The second-order valence-corrected chi connectivity index (χ2v) is 7.05. The number of hydrogen-bond acceptors (Lipinski definition) is 3. The summed E-state index contributed by atoms with van der Waals surface area (Å²) in [4.78, 5) is 24.9. The van der Waals surface area contributed by atoms with Gasteiger partial charge >= 0.3 is 0 Å². The van der Waals surface area contributed by atoms with Gasteiger partial charge in [0, 0.05) is 14.9 Å². The summed E-state index contributed by atoms with van der Waals surface area (Å²) in [5.41, 5.74) is 1.99. The summed E-state index contributed by atoms with van der Waals surface area (Å²) in [7, 11) is 0. The minimum Gasteiger partial charge on any atom is -0.322 e. The van der Waals surface area contributed by atoms with Gasteiger partial charge in [0.2, 0.25) is 0 Å². The van der Waals surface area contributed by atoms with E-state index in [2.05, 4.69) is 33.2 Å². The molecule has 0 bridgehead atoms. The summed E-state index contributed by atoms with van der Waals surface area (Å²) in [5.74, 6) is -0.295. The molecule has 1 heterocycles. The molecule has 0 aliphatic carbocycles. The summed E-state index contributed by atoms with van der Waals surface area (Å²) < 4.78 is 0.896. The largest absolute Gasteiger partial charge is 0.322 e. The lowest BCUT2D eigenvalue weighted by molar-refractivity contribution is 0.101. The zero-order chi connectivity index (χ0) is 16.9. The monoisotopic (exact) mass is 448 g/mol. The van der Waals surface area contributed by atoms with Crippen LogP contribution in [0.2, 0.25) is 0 Å². The molecule has 2 N–H and O–H groups in total. The van der Waals surface area contributed by atoms with E-state index in [4.69, 9.17) is 0 Å². The van der Waals surface area contributed by atoms with E-state index in [0.717, 1.165) is 3.57 Å². The van der Waals surface area contributed by atoms with Gasteiger partial charge in [0.15, 0.2) is 0 Å². The first kappa shape index (κ1) is 16.7. The Morgan fingerprint density at radius 2 is 1.42 bits per heavy atom. The highest BCUT2D eigenvalue weighted by Crippen LogP contribution is 2.18. The van der Waals surface area contributed by atoms with Crippen LogP contribution < -0.4 is 10.6 Å². The highest BCUT2D eigenvalue weighted by molar-refractivity contribution is 14.1. The molecule has 3 aromatic rings. The third kappa shape index (κ3) is 4.01. The zero-order valence-electron chi connectivity index (χ0n) is 12.5. The molecule has 0 fully saturated rings. The number of amides is 2. The lowest BCUT2D eigenvalue weighted by Crippen LogP contribution is -2.13. The Kier molecular flexibility index (Phi) is 5.27. The van der Waals surface area contributed by atoms with Crippen molar-refractivity contribution >= 4 is 57.1 Å². The van der Waals surface area contributed by atoms with Gasteiger partial charge in [-0.15, -0.1) is 11.3 Å². The Bertz CT molecular complexity index is 861. The molecule has 0 aliphatic rings. The highest BCUT2D eigenvalue weighted by Gasteiger charge is 2.10. The van der Waals surface area contributed by atoms with E-state index in [1.165, 1.54) is 11.3 Å². The summed E-state index contributed by atoms with van der Waals surface area (Å²) in [6.07, 6.45) is 0. The molecule has 4 nitrogen and oxygen atoms in total. The van der Waals surface area contributed by atoms with Crippen LogP contribution in [0.15, 0.2) is 66.0 Å². The first-order valence-corrected chi connectivity index (χ1v) is 9.10. The van der Waals surface area contributed by atoms with Crippen LogP contribution in [-0.4, -0.2) is 11.8 Å². The number of anilines is 2. The van der Waals surface area contributed by atoms with Crippen molar-refractivity contribution < 1.29 is 9.59 Å². The van der Waals surface area contributed by atoms with Crippen LogP contribution in [0.3, 0.4) is 0 Å². The molecule has 6 heteroatoms. The third-order valence-corrected chi connectivity index (χ3v) is 5.07. The fraction of sp³-hybridized carbons (Fsp3) is 0. The molecular formula is C18H13IN2O2S. The van der Waals surface area contributed by atoms with Gasteiger partial charge in [0.1, 0.15) is 0 Å². The molecule has 120 valence electrons. The SMILES string of the molecule is O=C(Nc1ccc(NC(=O)c2ccccc2I)cc1)c1cccs1. The van der Waals surface area contributed by atoms with Gasteiger partial charge < -0.3 is 10.6 Å². The van der Waals surface area contributed by atoms with Crippen LogP contribution in [0.5, 0.6) is 0 Å². The number of hydrogen-bond donors (Lipinski definition) is 2. The molecule has 0 aliphatic heterocycles. The number of carbonyl (C=O) groups is 2. The predicted molar refractivity (Wildman–Crippen MR) is 106 cm³/mol. The van der Waals surface area contributed by atoms with Crippen LogP contribution in [0.25, 0.3) is 0 Å². The smallest absolute Gasteiger partial charge is 0.265 e. The molecule has 0 radical (unpaired) electrons. The van der Waals surface area contributed by atoms with Crippen molar-refractivity contribution in [2.75, 3.05) is 10.6 Å². The number of halogens is 1. The van der Waals surface area contributed by atoms with Crippen molar-refractivity contribution in [2.45, 2.75) is 0 Å². The molecule has 2 amide bonds. The van der Waals surface area contributed by atoms with Crippen molar-refractivity contribution in [3.8, 4) is 0 Å². The van der Waals surface area contributed by atoms with Gasteiger partial charge in [0.25, 0.3) is 11.8 Å². The molecule has 3 rings (SSSR count). The lowest BCUT2D eigenvalue weighted by Gasteiger charge is -2.08. The van der Waals surface area contributed by atoms with Gasteiger partial charge in [-0.05, 0) is 70.4 Å². The maximum atomic E-state index is 12.3. The van der Waals surface area contributed by atoms with Crippen molar-refractivity contribution in [3.05, 3.63) is 80.1 Å². The second kappa shape index (κ2) is 7.59. The molecule has 24 heavy (non-hydrogen) atoms. The Labute approximate surface area is 157 Å². The molecule has 0 spiro atoms. The van der Waals surface area contributed by atoms with Gasteiger partial charge in [0.05, 0.1) is 10.4 Å². The molecule has 0 saturated carbocycles. The minimum atomic E-state index is -0.157. The predicted octanol–water partition coefficient (Wildman–Crippen LogP) is 4.86. The lowest BCUT2D eigenvalue weighted by atomic mass is 10.2. The van der Waals surface area contributed by atoms with E-state index < -0.39 is 0 Å². The molecule has 2 aromatic carbocycles. The molecule has 0 saturated heterocycles.